The van der Waals surface area contributed by atoms with Crippen molar-refractivity contribution in [2.75, 3.05) is 24.8 Å². The average Bonchev–Trinajstić information content (AvgIpc) is 3.30. The van der Waals surface area contributed by atoms with Crippen molar-refractivity contribution >= 4 is 23.7 Å². The van der Waals surface area contributed by atoms with Gasteiger partial charge in [-0.3, -0.25) is 0 Å². The third kappa shape index (κ3) is 6.10. The predicted octanol–water partition coefficient (Wildman–Crippen LogP) is 5.92. The minimum absolute atomic E-state index is 0.278. The number of benzene rings is 2. The van der Waals surface area contributed by atoms with Gasteiger partial charge in [-0.05, 0) is 50.5 Å². The van der Waals surface area contributed by atoms with Crippen molar-refractivity contribution in [1.29, 1.82) is 0 Å². The van der Waals surface area contributed by atoms with Crippen molar-refractivity contribution in [3.8, 4) is 11.5 Å². The van der Waals surface area contributed by atoms with Crippen molar-refractivity contribution < 1.29 is 19.0 Å². The number of carbonyl (C=O) groups is 1. The number of methoxy groups -OCH3 is 1. The Morgan fingerprint density at radius 2 is 1.89 bits per heavy atom. The Balaban J connectivity index is 1.68. The van der Waals surface area contributed by atoms with E-state index in [1.54, 1.807) is 30.5 Å². The molecule has 0 aliphatic carbocycles. The van der Waals surface area contributed by atoms with Crippen LogP contribution in [0.5, 0.6) is 11.5 Å². The van der Waals surface area contributed by atoms with Gasteiger partial charge >= 0.3 is 5.97 Å². The van der Waals surface area contributed by atoms with Crippen LogP contribution in [0.15, 0.2) is 58.9 Å². The number of esters is 1. The van der Waals surface area contributed by atoms with E-state index in [-0.39, 0.29) is 6.61 Å². The van der Waals surface area contributed by atoms with Gasteiger partial charge in [-0.15, -0.1) is 5.10 Å². The lowest BCUT2D eigenvalue weighted by atomic mass is 9.95. The fourth-order valence-corrected chi connectivity index (χ4v) is 5.01. The molecule has 1 N–H and O–H groups in total. The van der Waals surface area contributed by atoms with Gasteiger partial charge in [-0.1, -0.05) is 61.0 Å². The van der Waals surface area contributed by atoms with Crippen molar-refractivity contribution in [3.63, 3.8) is 0 Å². The monoisotopic (exact) mass is 522 g/mol. The SMILES string of the molecule is CCCCSc1nc2n(n1)C(c1ccc(OCc3ccc(C)cc3)c(OC)c1)C(C(=O)OCC)=C(C)N2. The Bertz CT molecular complexity index is 1270. The lowest BCUT2D eigenvalue weighted by molar-refractivity contribution is -0.139. The zero-order valence-electron chi connectivity index (χ0n) is 22.0. The van der Waals surface area contributed by atoms with Gasteiger partial charge in [0.05, 0.1) is 19.3 Å². The number of thioether (sulfide) groups is 1. The summed E-state index contributed by atoms with van der Waals surface area (Å²) < 4.78 is 19.0. The summed E-state index contributed by atoms with van der Waals surface area (Å²) in [5.41, 5.74) is 4.26. The number of nitrogens with one attached hydrogen (secondary N) is 1. The molecule has 1 aromatic heterocycles. The van der Waals surface area contributed by atoms with Crippen molar-refractivity contribution in [1.82, 2.24) is 14.8 Å². The van der Waals surface area contributed by atoms with E-state index in [2.05, 4.69) is 36.3 Å². The zero-order chi connectivity index (χ0) is 26.4. The molecule has 2 heterocycles. The second-order valence-corrected chi connectivity index (χ2v) is 9.90. The molecule has 2 aromatic carbocycles. The third-order valence-electron chi connectivity index (χ3n) is 6.08. The van der Waals surface area contributed by atoms with Crippen molar-refractivity contribution in [2.24, 2.45) is 0 Å². The topological polar surface area (TPSA) is 87.5 Å². The molecule has 3 aromatic rings. The number of allylic oxidation sites excluding steroid dienone is 1. The molecule has 9 heteroatoms. The zero-order valence-corrected chi connectivity index (χ0v) is 22.9. The Labute approximate surface area is 222 Å². The number of aryl methyl sites for hydroxylation is 1. The van der Waals surface area contributed by atoms with Crippen LogP contribution >= 0.6 is 11.8 Å². The molecule has 0 fully saturated rings. The number of hydrogen-bond acceptors (Lipinski definition) is 8. The number of hydrogen-bond donors (Lipinski definition) is 1. The van der Waals surface area contributed by atoms with E-state index in [1.807, 2.05) is 37.3 Å². The lowest BCUT2D eigenvalue weighted by Crippen LogP contribution is -2.29. The van der Waals surface area contributed by atoms with Gasteiger partial charge in [0.1, 0.15) is 12.6 Å². The van der Waals surface area contributed by atoms with Crippen LogP contribution < -0.4 is 14.8 Å². The number of carbonyl (C=O) groups excluding carboxylic acids is 1. The lowest BCUT2D eigenvalue weighted by Gasteiger charge is -2.28. The number of ether oxygens (including phenoxy) is 3. The Morgan fingerprint density at radius 1 is 1.11 bits per heavy atom. The Kier molecular flexibility index (Phi) is 8.76. The summed E-state index contributed by atoms with van der Waals surface area (Å²) in [6.45, 7) is 8.57. The summed E-state index contributed by atoms with van der Waals surface area (Å²) in [6.07, 6.45) is 2.19. The van der Waals surface area contributed by atoms with Crippen LogP contribution in [0, 0.1) is 6.92 Å². The minimum atomic E-state index is -0.525. The summed E-state index contributed by atoms with van der Waals surface area (Å²) in [5, 5.41) is 8.67. The maximum atomic E-state index is 13.1. The fraction of sp³-hybridized carbons (Fsp3) is 0.393. The van der Waals surface area contributed by atoms with Gasteiger partial charge in [0.25, 0.3) is 0 Å². The molecule has 0 spiro atoms. The Morgan fingerprint density at radius 3 is 2.59 bits per heavy atom. The van der Waals surface area contributed by atoms with Gasteiger partial charge in [-0.25, -0.2) is 9.48 Å². The number of aromatic nitrogens is 3. The molecule has 0 saturated heterocycles. The van der Waals surface area contributed by atoms with Crippen LogP contribution in [0.2, 0.25) is 0 Å². The number of fused-ring (bicyclic) bond motifs is 1. The molecule has 0 amide bonds. The van der Waals surface area contributed by atoms with E-state index in [4.69, 9.17) is 19.3 Å². The van der Waals surface area contributed by atoms with Gasteiger partial charge in [0, 0.05) is 11.4 Å². The molecule has 4 rings (SSSR count). The molecule has 1 unspecified atom stereocenters. The molecule has 1 aliphatic rings. The highest BCUT2D eigenvalue weighted by Crippen LogP contribution is 2.40. The van der Waals surface area contributed by atoms with Gasteiger partial charge < -0.3 is 19.5 Å². The van der Waals surface area contributed by atoms with Gasteiger partial charge in [0.2, 0.25) is 11.1 Å². The van der Waals surface area contributed by atoms with E-state index in [9.17, 15) is 4.79 Å². The van der Waals surface area contributed by atoms with Gasteiger partial charge in [0.15, 0.2) is 11.5 Å². The fourth-order valence-electron chi connectivity index (χ4n) is 4.10. The second-order valence-electron chi connectivity index (χ2n) is 8.84. The van der Waals surface area contributed by atoms with Crippen LogP contribution in [0.3, 0.4) is 0 Å². The number of nitrogens with zero attached hydrogens (tertiary/aromatic N) is 3. The molecular weight excluding hydrogens is 488 g/mol. The highest BCUT2D eigenvalue weighted by molar-refractivity contribution is 7.99. The Hall–Kier alpha value is -3.46. The van der Waals surface area contributed by atoms with Crippen molar-refractivity contribution in [3.05, 3.63) is 70.4 Å². The second kappa shape index (κ2) is 12.2. The third-order valence-corrected chi connectivity index (χ3v) is 7.00. The van der Waals surface area contributed by atoms with Crippen LogP contribution in [0.25, 0.3) is 0 Å². The van der Waals surface area contributed by atoms with E-state index in [1.165, 1.54) is 5.56 Å². The summed E-state index contributed by atoms with van der Waals surface area (Å²) >= 11 is 1.61. The van der Waals surface area contributed by atoms with E-state index in [0.717, 1.165) is 29.7 Å². The molecule has 1 aliphatic heterocycles. The quantitative estimate of drug-likeness (QED) is 0.189. The summed E-state index contributed by atoms with van der Waals surface area (Å²) in [5.74, 6) is 2.32. The minimum Gasteiger partial charge on any atom is -0.493 e. The smallest absolute Gasteiger partial charge is 0.338 e. The first kappa shape index (κ1) is 26.6. The maximum Gasteiger partial charge on any atom is 0.338 e. The van der Waals surface area contributed by atoms with Crippen LogP contribution in [0.4, 0.5) is 5.95 Å². The molecule has 37 heavy (non-hydrogen) atoms. The molecule has 0 saturated carbocycles. The largest absolute Gasteiger partial charge is 0.493 e. The summed E-state index contributed by atoms with van der Waals surface area (Å²) in [7, 11) is 1.61. The molecule has 196 valence electrons. The number of rotatable bonds is 11. The number of anilines is 1. The molecule has 0 radical (unpaired) electrons. The first-order valence-corrected chi connectivity index (χ1v) is 13.5. The summed E-state index contributed by atoms with van der Waals surface area (Å²) in [6, 6.07) is 13.4. The summed E-state index contributed by atoms with van der Waals surface area (Å²) in [4.78, 5) is 17.8. The molecular formula is C28H34N4O4S. The number of unbranched alkanes of at least 4 members (excludes halogenated alkanes) is 1. The van der Waals surface area contributed by atoms with E-state index in [0.29, 0.717) is 40.5 Å². The van der Waals surface area contributed by atoms with Crippen LogP contribution in [0.1, 0.15) is 56.3 Å². The predicted molar refractivity (Wildman–Crippen MR) is 145 cm³/mol. The average molecular weight is 523 g/mol. The van der Waals surface area contributed by atoms with Gasteiger partial charge in [-0.2, -0.15) is 4.98 Å². The van der Waals surface area contributed by atoms with Crippen molar-refractivity contribution in [2.45, 2.75) is 58.3 Å². The van der Waals surface area contributed by atoms with E-state index < -0.39 is 12.0 Å². The standard InChI is InChI=1S/C28H34N4O4S/c1-6-8-15-37-28-30-27-29-19(4)24(26(33)35-7-2)25(32(27)31-28)21-13-14-22(23(16-21)34-5)36-17-20-11-9-18(3)10-12-20/h9-14,16,25H,6-8,15,17H2,1-5H3,(H,29,30,31). The first-order chi connectivity index (χ1) is 17.9. The normalized spacial score (nSPS) is 14.7. The van der Waals surface area contributed by atoms with Crippen LogP contribution in [-0.4, -0.2) is 40.2 Å². The molecule has 1 atom stereocenters. The maximum absolute atomic E-state index is 13.1. The molecule has 0 bridgehead atoms. The molecule has 8 nitrogen and oxygen atoms in total. The van der Waals surface area contributed by atoms with Crippen LogP contribution in [-0.2, 0) is 16.1 Å². The first-order valence-electron chi connectivity index (χ1n) is 12.6. The highest BCUT2D eigenvalue weighted by Gasteiger charge is 2.35. The van der Waals surface area contributed by atoms with E-state index >= 15 is 0 Å². The highest BCUT2D eigenvalue weighted by atomic mass is 32.2.